The molecule has 1 aromatic carbocycles. The summed E-state index contributed by atoms with van der Waals surface area (Å²) in [6.07, 6.45) is 1.67. The molecule has 0 saturated carbocycles. The number of nitrogens with two attached hydrogens (primary N) is 1. The zero-order valence-electron chi connectivity index (χ0n) is 10.6. The van der Waals surface area contributed by atoms with Crippen molar-refractivity contribution < 1.29 is 4.74 Å². The smallest absolute Gasteiger partial charge is 0.220 e. The molecule has 3 rings (SSSR count). The van der Waals surface area contributed by atoms with Gasteiger partial charge >= 0.3 is 0 Å². The standard InChI is InChI=1S/C14H16N4O/c15-14-16-6-5-13(17-14)11-1-3-12(4-2-11)18-7-9-19-10-8-18/h1-6H,7-10H2,(H2,15,16,17). The molecule has 0 bridgehead atoms. The number of benzene rings is 1. The molecule has 2 N–H and O–H groups in total. The van der Waals surface area contributed by atoms with Crippen LogP contribution < -0.4 is 10.6 Å². The molecule has 98 valence electrons. The van der Waals surface area contributed by atoms with Crippen molar-refractivity contribution in [2.75, 3.05) is 36.9 Å². The maximum absolute atomic E-state index is 5.60. The number of morpholine rings is 1. The number of hydrogen-bond acceptors (Lipinski definition) is 5. The molecular weight excluding hydrogens is 240 g/mol. The average Bonchev–Trinajstić information content (AvgIpc) is 2.48. The van der Waals surface area contributed by atoms with Gasteiger partial charge in [0.1, 0.15) is 0 Å². The quantitative estimate of drug-likeness (QED) is 0.883. The number of ether oxygens (including phenoxy) is 1. The molecule has 0 amide bonds. The fourth-order valence-corrected chi connectivity index (χ4v) is 2.20. The van der Waals surface area contributed by atoms with Crippen molar-refractivity contribution in [3.8, 4) is 11.3 Å². The monoisotopic (exact) mass is 256 g/mol. The molecule has 2 aromatic rings. The highest BCUT2D eigenvalue weighted by Crippen LogP contribution is 2.22. The van der Waals surface area contributed by atoms with Gasteiger partial charge in [0.25, 0.3) is 0 Å². The number of aromatic nitrogens is 2. The van der Waals surface area contributed by atoms with Crippen LogP contribution in [0.4, 0.5) is 11.6 Å². The van der Waals surface area contributed by atoms with E-state index < -0.39 is 0 Å². The highest BCUT2D eigenvalue weighted by molar-refractivity contribution is 5.63. The first kappa shape index (κ1) is 11.9. The molecule has 5 heteroatoms. The number of nitrogens with zero attached hydrogens (tertiary/aromatic N) is 3. The summed E-state index contributed by atoms with van der Waals surface area (Å²) >= 11 is 0. The largest absolute Gasteiger partial charge is 0.378 e. The number of hydrogen-bond donors (Lipinski definition) is 1. The molecule has 0 spiro atoms. The van der Waals surface area contributed by atoms with Gasteiger partial charge in [-0.15, -0.1) is 0 Å². The minimum absolute atomic E-state index is 0.301. The van der Waals surface area contributed by atoms with Gasteiger partial charge < -0.3 is 15.4 Å². The highest BCUT2D eigenvalue weighted by atomic mass is 16.5. The third-order valence-electron chi connectivity index (χ3n) is 3.21. The van der Waals surface area contributed by atoms with Crippen molar-refractivity contribution in [3.63, 3.8) is 0 Å². The Hall–Kier alpha value is -2.14. The molecule has 19 heavy (non-hydrogen) atoms. The molecule has 0 unspecified atom stereocenters. The second kappa shape index (κ2) is 5.24. The van der Waals surface area contributed by atoms with E-state index in [0.717, 1.165) is 37.6 Å². The Labute approximate surface area is 112 Å². The molecule has 1 saturated heterocycles. The van der Waals surface area contributed by atoms with Crippen LogP contribution in [-0.4, -0.2) is 36.3 Å². The fraction of sp³-hybridized carbons (Fsp3) is 0.286. The molecule has 1 aliphatic heterocycles. The summed E-state index contributed by atoms with van der Waals surface area (Å²) in [4.78, 5) is 10.4. The number of rotatable bonds is 2. The minimum Gasteiger partial charge on any atom is -0.378 e. The van der Waals surface area contributed by atoms with E-state index in [4.69, 9.17) is 10.5 Å². The molecule has 0 atom stereocenters. The van der Waals surface area contributed by atoms with E-state index in [2.05, 4.69) is 39.1 Å². The molecule has 0 radical (unpaired) electrons. The molecule has 1 aromatic heterocycles. The van der Waals surface area contributed by atoms with Gasteiger partial charge in [-0.1, -0.05) is 12.1 Å². The predicted octanol–water partition coefficient (Wildman–Crippen LogP) is 1.56. The van der Waals surface area contributed by atoms with E-state index in [9.17, 15) is 0 Å². The van der Waals surface area contributed by atoms with E-state index in [-0.39, 0.29) is 0 Å². The van der Waals surface area contributed by atoms with E-state index >= 15 is 0 Å². The van der Waals surface area contributed by atoms with Gasteiger partial charge in [-0.25, -0.2) is 9.97 Å². The maximum Gasteiger partial charge on any atom is 0.220 e. The fourth-order valence-electron chi connectivity index (χ4n) is 2.20. The van der Waals surface area contributed by atoms with E-state index in [1.54, 1.807) is 6.20 Å². The minimum atomic E-state index is 0.301. The summed E-state index contributed by atoms with van der Waals surface area (Å²) in [6.45, 7) is 3.48. The average molecular weight is 256 g/mol. The van der Waals surface area contributed by atoms with Crippen LogP contribution >= 0.6 is 0 Å². The highest BCUT2D eigenvalue weighted by Gasteiger charge is 2.11. The van der Waals surface area contributed by atoms with Crippen LogP contribution in [0.15, 0.2) is 36.5 Å². The topological polar surface area (TPSA) is 64.3 Å². The Kier molecular flexibility index (Phi) is 3.29. The Balaban J connectivity index is 1.82. The van der Waals surface area contributed by atoms with E-state index in [0.29, 0.717) is 5.95 Å². The lowest BCUT2D eigenvalue weighted by atomic mass is 10.1. The van der Waals surface area contributed by atoms with Gasteiger partial charge in [0.05, 0.1) is 18.9 Å². The van der Waals surface area contributed by atoms with Gasteiger partial charge in [-0.2, -0.15) is 0 Å². The van der Waals surface area contributed by atoms with Crippen LogP contribution in [0.2, 0.25) is 0 Å². The zero-order chi connectivity index (χ0) is 13.1. The van der Waals surface area contributed by atoms with Crippen molar-refractivity contribution >= 4 is 11.6 Å². The van der Waals surface area contributed by atoms with Crippen LogP contribution in [0.1, 0.15) is 0 Å². The molecule has 5 nitrogen and oxygen atoms in total. The first-order chi connectivity index (χ1) is 9.33. The SMILES string of the molecule is Nc1nccc(-c2ccc(N3CCOCC3)cc2)n1. The summed E-state index contributed by atoms with van der Waals surface area (Å²) < 4.78 is 5.35. The Morgan fingerprint density at radius 1 is 1.05 bits per heavy atom. The van der Waals surface area contributed by atoms with Crippen LogP contribution in [0.25, 0.3) is 11.3 Å². The van der Waals surface area contributed by atoms with Crippen molar-refractivity contribution in [2.45, 2.75) is 0 Å². The third-order valence-corrected chi connectivity index (χ3v) is 3.21. The van der Waals surface area contributed by atoms with Gasteiger partial charge in [-0.05, 0) is 18.2 Å². The molecular formula is C14H16N4O. The second-order valence-corrected chi connectivity index (χ2v) is 4.45. The van der Waals surface area contributed by atoms with Gasteiger partial charge in [0.15, 0.2) is 0 Å². The zero-order valence-corrected chi connectivity index (χ0v) is 10.6. The van der Waals surface area contributed by atoms with Gasteiger partial charge in [0, 0.05) is 30.5 Å². The first-order valence-corrected chi connectivity index (χ1v) is 6.34. The summed E-state index contributed by atoms with van der Waals surface area (Å²) in [5.41, 5.74) is 8.71. The van der Waals surface area contributed by atoms with Gasteiger partial charge in [-0.3, -0.25) is 0 Å². The second-order valence-electron chi connectivity index (χ2n) is 4.45. The lowest BCUT2D eigenvalue weighted by Gasteiger charge is -2.28. The van der Waals surface area contributed by atoms with Crippen molar-refractivity contribution in [1.29, 1.82) is 0 Å². The van der Waals surface area contributed by atoms with Gasteiger partial charge in [0.2, 0.25) is 5.95 Å². The van der Waals surface area contributed by atoms with Crippen LogP contribution in [0.3, 0.4) is 0 Å². The number of nitrogen functional groups attached to an aromatic ring is 1. The summed E-state index contributed by atoms with van der Waals surface area (Å²) in [5, 5.41) is 0. The van der Waals surface area contributed by atoms with Crippen molar-refractivity contribution in [2.24, 2.45) is 0 Å². The van der Waals surface area contributed by atoms with Crippen LogP contribution in [-0.2, 0) is 4.74 Å². The molecule has 0 aliphatic carbocycles. The lowest BCUT2D eigenvalue weighted by molar-refractivity contribution is 0.122. The molecule has 1 aliphatic rings. The van der Waals surface area contributed by atoms with E-state index in [1.807, 2.05) is 6.07 Å². The van der Waals surface area contributed by atoms with Crippen molar-refractivity contribution in [1.82, 2.24) is 9.97 Å². The lowest BCUT2D eigenvalue weighted by Crippen LogP contribution is -2.36. The summed E-state index contributed by atoms with van der Waals surface area (Å²) in [6, 6.07) is 10.2. The normalized spacial score (nSPS) is 15.5. The Bertz CT molecular complexity index is 550. The predicted molar refractivity (Wildman–Crippen MR) is 74.9 cm³/mol. The maximum atomic E-state index is 5.60. The van der Waals surface area contributed by atoms with Crippen molar-refractivity contribution in [3.05, 3.63) is 36.5 Å². The molecule has 1 fully saturated rings. The Morgan fingerprint density at radius 2 is 1.79 bits per heavy atom. The summed E-state index contributed by atoms with van der Waals surface area (Å²) in [7, 11) is 0. The first-order valence-electron chi connectivity index (χ1n) is 6.34. The third kappa shape index (κ3) is 2.66. The van der Waals surface area contributed by atoms with Crippen LogP contribution in [0.5, 0.6) is 0 Å². The summed E-state index contributed by atoms with van der Waals surface area (Å²) in [5.74, 6) is 0.301. The Morgan fingerprint density at radius 3 is 2.47 bits per heavy atom. The number of anilines is 2. The van der Waals surface area contributed by atoms with E-state index in [1.165, 1.54) is 5.69 Å². The molecule has 2 heterocycles. The van der Waals surface area contributed by atoms with Crippen LogP contribution in [0, 0.1) is 0 Å².